The summed E-state index contributed by atoms with van der Waals surface area (Å²) < 4.78 is 14.9. The molecule has 1 aromatic heterocycles. The lowest BCUT2D eigenvalue weighted by atomic mass is 10.2. The second kappa shape index (κ2) is 9.86. The van der Waals surface area contributed by atoms with E-state index in [1.807, 2.05) is 20.8 Å². The third kappa shape index (κ3) is 5.40. The first-order valence-corrected chi connectivity index (χ1v) is 9.53. The van der Waals surface area contributed by atoms with E-state index in [2.05, 4.69) is 14.9 Å². The third-order valence-corrected chi connectivity index (χ3v) is 4.40. The molecule has 1 aromatic carbocycles. The van der Waals surface area contributed by atoms with E-state index in [4.69, 9.17) is 9.47 Å². The van der Waals surface area contributed by atoms with Gasteiger partial charge in [-0.3, -0.25) is 9.59 Å². The molecular weight excluding hydrogens is 368 g/mol. The molecule has 0 saturated carbocycles. The number of aryl methyl sites for hydroxylation is 1. The summed E-state index contributed by atoms with van der Waals surface area (Å²) in [6.07, 6.45) is 0.615. The molecule has 1 heterocycles. The highest BCUT2D eigenvalue weighted by Gasteiger charge is 2.21. The van der Waals surface area contributed by atoms with Gasteiger partial charge in [0.05, 0.1) is 25.5 Å². The number of amides is 2. The van der Waals surface area contributed by atoms with Crippen LogP contribution in [0.2, 0.25) is 0 Å². The lowest BCUT2D eigenvalue weighted by Gasteiger charge is -2.17. The van der Waals surface area contributed by atoms with Gasteiger partial charge in [-0.25, -0.2) is 0 Å². The molecule has 9 heteroatoms. The van der Waals surface area contributed by atoms with Crippen molar-refractivity contribution in [3.8, 4) is 11.5 Å². The number of hydrogen-bond donors (Lipinski definition) is 1. The van der Waals surface area contributed by atoms with Crippen LogP contribution in [0.1, 0.15) is 36.1 Å². The van der Waals surface area contributed by atoms with Crippen LogP contribution in [0, 0.1) is 0 Å². The molecule has 0 aliphatic heterocycles. The zero-order valence-corrected chi connectivity index (χ0v) is 16.8. The SMILES string of the molecule is CCOc1ccc(NC(=O)CN(C)C(=O)c2snnc2CC)cc1OCC. The number of hydrogen-bond acceptors (Lipinski definition) is 7. The van der Waals surface area contributed by atoms with Gasteiger partial charge in [0.1, 0.15) is 4.88 Å². The summed E-state index contributed by atoms with van der Waals surface area (Å²) in [4.78, 5) is 26.6. The van der Waals surface area contributed by atoms with Crippen LogP contribution in [0.25, 0.3) is 0 Å². The highest BCUT2D eigenvalue weighted by Crippen LogP contribution is 2.30. The molecule has 0 bridgehead atoms. The van der Waals surface area contributed by atoms with Gasteiger partial charge in [-0.15, -0.1) is 5.10 Å². The summed E-state index contributed by atoms with van der Waals surface area (Å²) in [6, 6.07) is 5.18. The Balaban J connectivity index is 2.02. The largest absolute Gasteiger partial charge is 0.490 e. The predicted octanol–water partition coefficient (Wildman–Crippen LogP) is 2.61. The van der Waals surface area contributed by atoms with E-state index >= 15 is 0 Å². The summed E-state index contributed by atoms with van der Waals surface area (Å²) in [5.41, 5.74) is 1.21. The van der Waals surface area contributed by atoms with Gasteiger partial charge in [-0.2, -0.15) is 0 Å². The van der Waals surface area contributed by atoms with Crippen LogP contribution in [0.5, 0.6) is 11.5 Å². The van der Waals surface area contributed by atoms with Crippen molar-refractivity contribution < 1.29 is 19.1 Å². The number of carbonyl (C=O) groups is 2. The lowest BCUT2D eigenvalue weighted by molar-refractivity contribution is -0.116. The Kier molecular flexibility index (Phi) is 7.54. The number of anilines is 1. The molecular formula is C18H24N4O4S. The summed E-state index contributed by atoms with van der Waals surface area (Å²) in [5.74, 6) is 0.603. The van der Waals surface area contributed by atoms with E-state index in [-0.39, 0.29) is 18.4 Å². The molecule has 2 amide bonds. The van der Waals surface area contributed by atoms with E-state index < -0.39 is 0 Å². The normalized spacial score (nSPS) is 10.4. The predicted molar refractivity (Wildman–Crippen MR) is 104 cm³/mol. The lowest BCUT2D eigenvalue weighted by Crippen LogP contribution is -2.35. The fourth-order valence-corrected chi connectivity index (χ4v) is 3.14. The van der Waals surface area contributed by atoms with Gasteiger partial charge in [0.25, 0.3) is 5.91 Å². The van der Waals surface area contributed by atoms with Crippen molar-refractivity contribution in [3.63, 3.8) is 0 Å². The molecule has 1 N–H and O–H groups in total. The minimum Gasteiger partial charge on any atom is -0.490 e. The van der Waals surface area contributed by atoms with Gasteiger partial charge < -0.3 is 19.7 Å². The molecule has 2 rings (SSSR count). The Bertz CT molecular complexity index is 793. The highest BCUT2D eigenvalue weighted by molar-refractivity contribution is 7.08. The molecule has 146 valence electrons. The molecule has 0 saturated heterocycles. The first-order valence-electron chi connectivity index (χ1n) is 8.76. The van der Waals surface area contributed by atoms with E-state index in [1.165, 1.54) is 4.90 Å². The Morgan fingerprint density at radius 1 is 1.15 bits per heavy atom. The zero-order valence-electron chi connectivity index (χ0n) is 15.9. The molecule has 0 fully saturated rings. The number of rotatable bonds is 9. The summed E-state index contributed by atoms with van der Waals surface area (Å²) >= 11 is 1.04. The van der Waals surface area contributed by atoms with E-state index in [9.17, 15) is 9.59 Å². The third-order valence-electron chi connectivity index (χ3n) is 3.64. The first-order chi connectivity index (χ1) is 13.0. The Morgan fingerprint density at radius 3 is 2.52 bits per heavy atom. The quantitative estimate of drug-likeness (QED) is 0.705. The maximum atomic E-state index is 12.5. The van der Waals surface area contributed by atoms with Crippen molar-refractivity contribution in [1.29, 1.82) is 0 Å². The number of likely N-dealkylation sites (N-methyl/N-ethyl adjacent to an activating group) is 1. The summed E-state index contributed by atoms with van der Waals surface area (Å²) in [6.45, 7) is 6.59. The molecule has 0 aliphatic carbocycles. The maximum absolute atomic E-state index is 12.5. The van der Waals surface area contributed by atoms with E-state index in [1.54, 1.807) is 25.2 Å². The van der Waals surface area contributed by atoms with Gasteiger partial charge in [-0.05, 0) is 43.9 Å². The molecule has 0 radical (unpaired) electrons. The van der Waals surface area contributed by atoms with Crippen molar-refractivity contribution in [2.24, 2.45) is 0 Å². The number of nitrogens with zero attached hydrogens (tertiary/aromatic N) is 3. The Morgan fingerprint density at radius 2 is 1.85 bits per heavy atom. The summed E-state index contributed by atoms with van der Waals surface area (Å²) in [5, 5.41) is 6.70. The fourth-order valence-electron chi connectivity index (χ4n) is 2.39. The second-order valence-corrected chi connectivity index (χ2v) is 6.39. The van der Waals surface area contributed by atoms with Gasteiger partial charge in [0.2, 0.25) is 5.91 Å². The number of carbonyl (C=O) groups excluding carboxylic acids is 2. The number of ether oxygens (including phenoxy) is 2. The van der Waals surface area contributed by atoms with Gasteiger partial charge >= 0.3 is 0 Å². The molecule has 0 spiro atoms. The molecule has 8 nitrogen and oxygen atoms in total. The van der Waals surface area contributed by atoms with E-state index in [0.29, 0.717) is 47.4 Å². The zero-order chi connectivity index (χ0) is 19.8. The van der Waals surface area contributed by atoms with Crippen molar-refractivity contribution in [3.05, 3.63) is 28.8 Å². The first kappa shape index (κ1) is 20.6. The summed E-state index contributed by atoms with van der Waals surface area (Å²) in [7, 11) is 1.57. The number of aromatic nitrogens is 2. The van der Waals surface area contributed by atoms with Crippen LogP contribution < -0.4 is 14.8 Å². The second-order valence-electron chi connectivity index (χ2n) is 5.64. The molecule has 27 heavy (non-hydrogen) atoms. The van der Waals surface area contributed by atoms with Crippen LogP contribution in [0.15, 0.2) is 18.2 Å². The average molecular weight is 392 g/mol. The van der Waals surface area contributed by atoms with Crippen LogP contribution >= 0.6 is 11.5 Å². The standard InChI is InChI=1S/C18H24N4O4S/c1-5-13-17(27-21-20-13)18(24)22(4)11-16(23)19-12-8-9-14(25-6-2)15(10-12)26-7-3/h8-10H,5-7,11H2,1-4H3,(H,19,23). The van der Waals surface area contributed by atoms with Gasteiger partial charge in [0, 0.05) is 18.8 Å². The van der Waals surface area contributed by atoms with Crippen LogP contribution in [0.3, 0.4) is 0 Å². The van der Waals surface area contributed by atoms with Gasteiger partial charge in [-0.1, -0.05) is 11.4 Å². The Labute approximate surface area is 162 Å². The molecule has 0 aliphatic rings. The molecule has 0 atom stereocenters. The minimum absolute atomic E-state index is 0.0862. The number of nitrogens with one attached hydrogen (secondary N) is 1. The maximum Gasteiger partial charge on any atom is 0.267 e. The van der Waals surface area contributed by atoms with Crippen LogP contribution in [0.4, 0.5) is 5.69 Å². The minimum atomic E-state index is -0.312. The van der Waals surface area contributed by atoms with E-state index in [0.717, 1.165) is 11.5 Å². The van der Waals surface area contributed by atoms with Gasteiger partial charge in [0.15, 0.2) is 11.5 Å². The average Bonchev–Trinajstić information content (AvgIpc) is 3.12. The number of benzene rings is 1. The molecule has 0 unspecified atom stereocenters. The van der Waals surface area contributed by atoms with Crippen molar-refractivity contribution >= 4 is 29.0 Å². The highest BCUT2D eigenvalue weighted by atomic mass is 32.1. The monoisotopic (exact) mass is 392 g/mol. The van der Waals surface area contributed by atoms with Crippen LogP contribution in [-0.4, -0.2) is 53.1 Å². The Hall–Kier alpha value is -2.68. The van der Waals surface area contributed by atoms with Crippen molar-refractivity contribution in [1.82, 2.24) is 14.5 Å². The van der Waals surface area contributed by atoms with Crippen LogP contribution in [-0.2, 0) is 11.2 Å². The van der Waals surface area contributed by atoms with Crippen molar-refractivity contribution in [2.75, 3.05) is 32.1 Å². The fraction of sp³-hybridized carbons (Fsp3) is 0.444. The smallest absolute Gasteiger partial charge is 0.267 e. The molecule has 2 aromatic rings. The van der Waals surface area contributed by atoms with Crippen molar-refractivity contribution in [2.45, 2.75) is 27.2 Å². The topological polar surface area (TPSA) is 93.7 Å².